The van der Waals surface area contributed by atoms with Crippen molar-refractivity contribution in [2.45, 2.75) is 6.92 Å². The van der Waals surface area contributed by atoms with Crippen LogP contribution in [0, 0.1) is 0 Å². The van der Waals surface area contributed by atoms with Crippen molar-refractivity contribution >= 4 is 14.0 Å². The average molecular weight is 164 g/mol. The molecule has 0 heterocycles. The minimum atomic E-state index is -3.21. The molecule has 0 aliphatic heterocycles. The SMILES string of the molecule is C/C(O)=C(/C(=O)O)[P+](=O)[O-]. The van der Waals surface area contributed by atoms with Crippen molar-refractivity contribution in [2.24, 2.45) is 0 Å². The van der Waals surface area contributed by atoms with Crippen LogP contribution in [0.1, 0.15) is 6.92 Å². The van der Waals surface area contributed by atoms with Crippen molar-refractivity contribution in [3.63, 3.8) is 0 Å². The minimum absolute atomic E-state index is 0.705. The summed E-state index contributed by atoms with van der Waals surface area (Å²) in [5, 5.41) is 15.6. The number of hydrogen-bond donors (Lipinski definition) is 2. The largest absolute Gasteiger partial charge is 0.590 e. The molecule has 0 fully saturated rings. The molecule has 1 unspecified atom stereocenters. The number of rotatable bonds is 2. The molecule has 6 heteroatoms. The predicted octanol–water partition coefficient (Wildman–Crippen LogP) is -0.0368. The summed E-state index contributed by atoms with van der Waals surface area (Å²) in [6.45, 7) is 0.995. The van der Waals surface area contributed by atoms with Crippen molar-refractivity contribution in [1.82, 2.24) is 0 Å². The van der Waals surface area contributed by atoms with Crippen LogP contribution in [0.2, 0.25) is 0 Å². The lowest BCUT2D eigenvalue weighted by Gasteiger charge is -1.90. The Kier molecular flexibility index (Phi) is 2.99. The number of aliphatic hydroxyl groups is 1. The normalized spacial score (nSPS) is 14.0. The molecular weight excluding hydrogens is 159 g/mol. The van der Waals surface area contributed by atoms with E-state index in [-0.39, 0.29) is 0 Å². The summed E-state index contributed by atoms with van der Waals surface area (Å²) in [5.74, 6) is -2.35. The molecule has 2 N–H and O–H groups in total. The molecule has 0 aromatic carbocycles. The van der Waals surface area contributed by atoms with Crippen LogP contribution in [0.15, 0.2) is 11.1 Å². The number of carbonyl (C=O) groups is 1. The monoisotopic (exact) mass is 164 g/mol. The molecule has 0 aliphatic rings. The van der Waals surface area contributed by atoms with Gasteiger partial charge in [0.15, 0.2) is 0 Å². The molecule has 10 heavy (non-hydrogen) atoms. The molecule has 1 atom stereocenters. The van der Waals surface area contributed by atoms with Crippen LogP contribution in [-0.4, -0.2) is 16.2 Å². The summed E-state index contributed by atoms with van der Waals surface area (Å²) in [4.78, 5) is 20.0. The number of hydrogen-bond acceptors (Lipinski definition) is 4. The number of aliphatic carboxylic acids is 1. The van der Waals surface area contributed by atoms with E-state index in [9.17, 15) is 14.3 Å². The number of allylic oxidation sites excluding steroid dienone is 1. The van der Waals surface area contributed by atoms with Gasteiger partial charge in [0, 0.05) is 0 Å². The molecule has 0 aromatic heterocycles. The fraction of sp³-hybridized carbons (Fsp3) is 0.250. The summed E-state index contributed by atoms with van der Waals surface area (Å²) in [5.41, 5.74) is 0. The van der Waals surface area contributed by atoms with Crippen LogP contribution in [0.5, 0.6) is 0 Å². The van der Waals surface area contributed by atoms with Gasteiger partial charge in [0.2, 0.25) is 0 Å². The van der Waals surface area contributed by atoms with Crippen LogP contribution in [-0.2, 0) is 9.36 Å². The second-order valence-corrected chi connectivity index (χ2v) is 2.46. The van der Waals surface area contributed by atoms with Crippen LogP contribution >= 0.6 is 8.03 Å². The Balaban J connectivity index is 4.79. The van der Waals surface area contributed by atoms with E-state index in [4.69, 9.17) is 10.2 Å². The summed E-state index contributed by atoms with van der Waals surface area (Å²) < 4.78 is 10.0. The third-order valence-corrected chi connectivity index (χ3v) is 1.61. The van der Waals surface area contributed by atoms with Crippen LogP contribution < -0.4 is 4.89 Å². The first-order valence-corrected chi connectivity index (χ1v) is 3.42. The molecular formula is C4H5O5P. The van der Waals surface area contributed by atoms with Crippen LogP contribution in [0.25, 0.3) is 0 Å². The second kappa shape index (κ2) is 3.29. The average Bonchev–Trinajstić information content (AvgIpc) is 1.59. The molecule has 0 bridgehead atoms. The highest BCUT2D eigenvalue weighted by atomic mass is 31.1. The van der Waals surface area contributed by atoms with Gasteiger partial charge in [0.05, 0.1) is 0 Å². The van der Waals surface area contributed by atoms with Crippen molar-refractivity contribution in [2.75, 3.05) is 0 Å². The molecule has 56 valence electrons. The lowest BCUT2D eigenvalue weighted by atomic mass is 10.5. The number of carboxylic acids is 1. The maximum atomic E-state index is 10.0. The third-order valence-electron chi connectivity index (χ3n) is 0.728. The first kappa shape index (κ1) is 9.07. The van der Waals surface area contributed by atoms with E-state index in [1.807, 2.05) is 0 Å². The fourth-order valence-electron chi connectivity index (χ4n) is 0.365. The second-order valence-electron chi connectivity index (χ2n) is 1.50. The Morgan fingerprint density at radius 1 is 1.50 bits per heavy atom. The first-order valence-electron chi connectivity index (χ1n) is 2.24. The van der Waals surface area contributed by atoms with Gasteiger partial charge in [-0.15, -0.1) is 0 Å². The molecule has 0 saturated heterocycles. The van der Waals surface area contributed by atoms with Gasteiger partial charge < -0.3 is 15.1 Å². The van der Waals surface area contributed by atoms with Crippen molar-refractivity contribution in [1.29, 1.82) is 0 Å². The van der Waals surface area contributed by atoms with E-state index in [2.05, 4.69) is 0 Å². The van der Waals surface area contributed by atoms with Gasteiger partial charge in [0.25, 0.3) is 0 Å². The highest BCUT2D eigenvalue weighted by Crippen LogP contribution is 2.24. The zero-order valence-corrected chi connectivity index (χ0v) is 5.96. The smallest absolute Gasteiger partial charge is 0.386 e. The van der Waals surface area contributed by atoms with Gasteiger partial charge in [-0.25, -0.2) is 4.79 Å². The Hall–Kier alpha value is -0.930. The summed E-state index contributed by atoms with van der Waals surface area (Å²) in [6, 6.07) is 0. The predicted molar refractivity (Wildman–Crippen MR) is 30.6 cm³/mol. The number of carboxylic acid groups (broad SMARTS) is 1. The number of aliphatic hydroxyl groups excluding tert-OH is 1. The Morgan fingerprint density at radius 3 is 1.90 bits per heavy atom. The first-order chi connectivity index (χ1) is 4.46. The lowest BCUT2D eigenvalue weighted by Crippen LogP contribution is -2.04. The molecule has 0 saturated carbocycles. The van der Waals surface area contributed by atoms with Gasteiger partial charge >= 0.3 is 19.3 Å². The Bertz CT molecular complexity index is 186. The zero-order valence-electron chi connectivity index (χ0n) is 5.07. The maximum Gasteiger partial charge on any atom is 0.386 e. The standard InChI is InChI=1S/C4H5O5P/c1-2(5)3(4(6)7)10(8)9/h5H,1H3,(H,6,7)/b3-2+. The highest BCUT2D eigenvalue weighted by molar-refractivity contribution is 7.43. The molecule has 5 nitrogen and oxygen atoms in total. The van der Waals surface area contributed by atoms with E-state index < -0.39 is 25.1 Å². The van der Waals surface area contributed by atoms with Crippen LogP contribution in [0.3, 0.4) is 0 Å². The zero-order chi connectivity index (χ0) is 8.31. The molecule has 0 radical (unpaired) electrons. The third kappa shape index (κ3) is 2.13. The molecule has 0 rings (SSSR count). The minimum Gasteiger partial charge on any atom is -0.590 e. The summed E-state index contributed by atoms with van der Waals surface area (Å²) in [6.07, 6.45) is 0. The van der Waals surface area contributed by atoms with E-state index in [1.165, 1.54) is 0 Å². The Labute approximate surface area is 57.5 Å². The topological polar surface area (TPSA) is 97.7 Å². The quantitative estimate of drug-likeness (QED) is 0.339. The van der Waals surface area contributed by atoms with Crippen LogP contribution in [0.4, 0.5) is 0 Å². The van der Waals surface area contributed by atoms with E-state index in [0.29, 0.717) is 0 Å². The van der Waals surface area contributed by atoms with E-state index >= 15 is 0 Å². The molecule has 0 spiro atoms. The van der Waals surface area contributed by atoms with Crippen molar-refractivity contribution < 1.29 is 24.5 Å². The lowest BCUT2D eigenvalue weighted by molar-refractivity contribution is -0.163. The summed E-state index contributed by atoms with van der Waals surface area (Å²) in [7, 11) is -3.21. The van der Waals surface area contributed by atoms with Gasteiger partial charge in [-0.2, -0.15) is 0 Å². The van der Waals surface area contributed by atoms with Crippen molar-refractivity contribution in [3.05, 3.63) is 11.1 Å². The molecule has 0 aliphatic carbocycles. The summed E-state index contributed by atoms with van der Waals surface area (Å²) >= 11 is 0. The fourth-order valence-corrected chi connectivity index (χ4v) is 0.785. The highest BCUT2D eigenvalue weighted by Gasteiger charge is 2.24. The Morgan fingerprint density at radius 2 is 1.90 bits per heavy atom. The van der Waals surface area contributed by atoms with Gasteiger partial charge in [0.1, 0.15) is 5.76 Å². The van der Waals surface area contributed by atoms with E-state index in [0.717, 1.165) is 6.92 Å². The maximum absolute atomic E-state index is 10.0. The van der Waals surface area contributed by atoms with E-state index in [1.54, 1.807) is 0 Å². The van der Waals surface area contributed by atoms with Gasteiger partial charge in [-0.1, -0.05) is 4.57 Å². The molecule has 0 amide bonds. The van der Waals surface area contributed by atoms with Gasteiger partial charge in [-0.05, 0) is 6.92 Å². The van der Waals surface area contributed by atoms with Gasteiger partial charge in [-0.3, -0.25) is 0 Å². The molecule has 0 aromatic rings. The van der Waals surface area contributed by atoms with Crippen molar-refractivity contribution in [3.8, 4) is 0 Å².